The zero-order chi connectivity index (χ0) is 14.6. The van der Waals surface area contributed by atoms with Gasteiger partial charge in [0, 0.05) is 13.1 Å². The van der Waals surface area contributed by atoms with Gasteiger partial charge in [0.25, 0.3) is 0 Å². The van der Waals surface area contributed by atoms with Gasteiger partial charge in [-0.2, -0.15) is 0 Å². The summed E-state index contributed by atoms with van der Waals surface area (Å²) in [5, 5.41) is 1.87. The summed E-state index contributed by atoms with van der Waals surface area (Å²) >= 11 is 0. The van der Waals surface area contributed by atoms with Crippen molar-refractivity contribution in [3.63, 3.8) is 0 Å². The molecule has 1 amide bonds. The number of rotatable bonds is 2. The van der Waals surface area contributed by atoms with Crippen molar-refractivity contribution in [2.45, 2.75) is 26.4 Å². The molecule has 1 fully saturated rings. The van der Waals surface area contributed by atoms with E-state index < -0.39 is 5.60 Å². The smallest absolute Gasteiger partial charge is 0.410 e. The SMILES string of the molecule is CC(C)(C)OC(=O)N1CCN(Oc2ccccc2)CC1. The Kier molecular flexibility index (Phi) is 4.49. The van der Waals surface area contributed by atoms with E-state index in [1.54, 1.807) is 4.90 Å². The van der Waals surface area contributed by atoms with E-state index >= 15 is 0 Å². The summed E-state index contributed by atoms with van der Waals surface area (Å²) < 4.78 is 5.36. The molecule has 1 aromatic rings. The van der Waals surface area contributed by atoms with Gasteiger partial charge < -0.3 is 14.5 Å². The number of nitrogens with zero attached hydrogens (tertiary/aromatic N) is 2. The molecule has 5 nitrogen and oxygen atoms in total. The predicted molar refractivity (Wildman–Crippen MR) is 76.5 cm³/mol. The maximum absolute atomic E-state index is 11.9. The minimum atomic E-state index is -0.450. The number of hydrogen-bond donors (Lipinski definition) is 0. The number of benzene rings is 1. The van der Waals surface area contributed by atoms with Gasteiger partial charge in [0.05, 0.1) is 13.1 Å². The second-order valence-corrected chi connectivity index (χ2v) is 5.80. The van der Waals surface area contributed by atoms with Crippen LogP contribution in [-0.2, 0) is 4.74 Å². The van der Waals surface area contributed by atoms with Crippen molar-refractivity contribution in [3.05, 3.63) is 30.3 Å². The summed E-state index contributed by atoms with van der Waals surface area (Å²) in [6.45, 7) is 8.20. The molecule has 2 rings (SSSR count). The van der Waals surface area contributed by atoms with Gasteiger partial charge in [-0.3, -0.25) is 0 Å². The summed E-state index contributed by atoms with van der Waals surface area (Å²) in [6, 6.07) is 9.66. The van der Waals surface area contributed by atoms with E-state index in [1.165, 1.54) is 0 Å². The first-order valence-corrected chi connectivity index (χ1v) is 6.90. The number of carbonyl (C=O) groups is 1. The zero-order valence-electron chi connectivity index (χ0n) is 12.3. The number of ether oxygens (including phenoxy) is 1. The molecule has 1 saturated heterocycles. The molecule has 0 aromatic heterocycles. The summed E-state index contributed by atoms with van der Waals surface area (Å²) in [4.78, 5) is 19.4. The minimum absolute atomic E-state index is 0.253. The van der Waals surface area contributed by atoms with Crippen molar-refractivity contribution in [3.8, 4) is 5.75 Å². The topological polar surface area (TPSA) is 42.0 Å². The van der Waals surface area contributed by atoms with E-state index in [9.17, 15) is 4.79 Å². The molecule has 0 bridgehead atoms. The quantitative estimate of drug-likeness (QED) is 0.833. The molecule has 1 heterocycles. The third kappa shape index (κ3) is 4.42. The molecule has 0 unspecified atom stereocenters. The van der Waals surface area contributed by atoms with E-state index in [0.29, 0.717) is 26.2 Å². The number of hydroxylamine groups is 2. The van der Waals surface area contributed by atoms with Crippen molar-refractivity contribution in [2.24, 2.45) is 0 Å². The highest BCUT2D eigenvalue weighted by Gasteiger charge is 2.26. The van der Waals surface area contributed by atoms with Gasteiger partial charge in [0.2, 0.25) is 0 Å². The molecule has 0 aliphatic carbocycles. The van der Waals surface area contributed by atoms with Crippen molar-refractivity contribution >= 4 is 6.09 Å². The Bertz CT molecular complexity index is 434. The van der Waals surface area contributed by atoms with Crippen molar-refractivity contribution in [1.29, 1.82) is 0 Å². The largest absolute Gasteiger partial charge is 0.444 e. The van der Waals surface area contributed by atoms with Gasteiger partial charge in [0.15, 0.2) is 0 Å². The Labute approximate surface area is 120 Å². The second-order valence-electron chi connectivity index (χ2n) is 5.80. The first kappa shape index (κ1) is 14.7. The summed E-state index contributed by atoms with van der Waals surface area (Å²) in [5.74, 6) is 0.818. The van der Waals surface area contributed by atoms with Crippen molar-refractivity contribution < 1.29 is 14.4 Å². The number of hydrogen-bond acceptors (Lipinski definition) is 4. The van der Waals surface area contributed by atoms with Crippen LogP contribution in [0.25, 0.3) is 0 Å². The average molecular weight is 278 g/mol. The van der Waals surface area contributed by atoms with Crippen LogP contribution in [0.15, 0.2) is 30.3 Å². The van der Waals surface area contributed by atoms with Crippen LogP contribution in [-0.4, -0.2) is 47.8 Å². The minimum Gasteiger partial charge on any atom is -0.444 e. The Morgan fingerprint density at radius 3 is 2.20 bits per heavy atom. The standard InChI is InChI=1S/C15H22N2O3/c1-15(2,3)19-14(18)16-9-11-17(12-10-16)20-13-7-5-4-6-8-13/h4-8H,9-12H2,1-3H3. The summed E-state index contributed by atoms with van der Waals surface area (Å²) in [5.41, 5.74) is -0.450. The van der Waals surface area contributed by atoms with Crippen LogP contribution in [0.2, 0.25) is 0 Å². The normalized spacial score (nSPS) is 16.9. The molecule has 0 saturated carbocycles. The van der Waals surface area contributed by atoms with Crippen LogP contribution in [0.4, 0.5) is 4.79 Å². The Balaban J connectivity index is 1.79. The zero-order valence-corrected chi connectivity index (χ0v) is 12.3. The van der Waals surface area contributed by atoms with Gasteiger partial charge in [-0.1, -0.05) is 18.2 Å². The van der Waals surface area contributed by atoms with Gasteiger partial charge in [-0.05, 0) is 32.9 Å². The van der Waals surface area contributed by atoms with Crippen LogP contribution in [0.5, 0.6) is 5.75 Å². The number of carbonyl (C=O) groups excluding carboxylic acids is 1. The fraction of sp³-hybridized carbons (Fsp3) is 0.533. The molecule has 1 aliphatic rings. The van der Waals surface area contributed by atoms with Gasteiger partial charge in [-0.15, -0.1) is 5.06 Å². The van der Waals surface area contributed by atoms with E-state index in [0.717, 1.165) is 5.75 Å². The fourth-order valence-electron chi connectivity index (χ4n) is 1.92. The lowest BCUT2D eigenvalue weighted by atomic mass is 10.2. The Hall–Kier alpha value is -1.75. The maximum atomic E-state index is 11.9. The van der Waals surface area contributed by atoms with Gasteiger partial charge in [0.1, 0.15) is 11.4 Å². The van der Waals surface area contributed by atoms with Gasteiger partial charge in [-0.25, -0.2) is 4.79 Å². The first-order valence-electron chi connectivity index (χ1n) is 6.90. The molecule has 20 heavy (non-hydrogen) atoms. The van der Waals surface area contributed by atoms with Crippen molar-refractivity contribution in [1.82, 2.24) is 9.96 Å². The fourth-order valence-corrected chi connectivity index (χ4v) is 1.92. The summed E-state index contributed by atoms with van der Waals surface area (Å²) in [6.07, 6.45) is -0.253. The molecule has 5 heteroatoms. The Morgan fingerprint density at radius 2 is 1.65 bits per heavy atom. The number of amides is 1. The molecular formula is C15H22N2O3. The summed E-state index contributed by atoms with van der Waals surface area (Å²) in [7, 11) is 0. The third-order valence-electron chi connectivity index (χ3n) is 2.87. The monoisotopic (exact) mass is 278 g/mol. The van der Waals surface area contributed by atoms with E-state index in [-0.39, 0.29) is 6.09 Å². The maximum Gasteiger partial charge on any atom is 0.410 e. The third-order valence-corrected chi connectivity index (χ3v) is 2.87. The molecule has 0 atom stereocenters. The van der Waals surface area contributed by atoms with Crippen LogP contribution >= 0.6 is 0 Å². The van der Waals surface area contributed by atoms with Crippen LogP contribution < -0.4 is 4.84 Å². The Morgan fingerprint density at radius 1 is 1.05 bits per heavy atom. The molecule has 1 aliphatic heterocycles. The molecule has 0 N–H and O–H groups in total. The number of piperazine rings is 1. The van der Waals surface area contributed by atoms with E-state index in [1.807, 2.05) is 56.2 Å². The van der Waals surface area contributed by atoms with Crippen LogP contribution in [0, 0.1) is 0 Å². The van der Waals surface area contributed by atoms with E-state index in [2.05, 4.69) is 0 Å². The van der Waals surface area contributed by atoms with Crippen molar-refractivity contribution in [2.75, 3.05) is 26.2 Å². The van der Waals surface area contributed by atoms with Crippen LogP contribution in [0.3, 0.4) is 0 Å². The lowest BCUT2D eigenvalue weighted by molar-refractivity contribution is -0.0888. The molecule has 0 radical (unpaired) electrons. The lowest BCUT2D eigenvalue weighted by Gasteiger charge is -2.34. The first-order chi connectivity index (χ1) is 9.44. The van der Waals surface area contributed by atoms with Gasteiger partial charge >= 0.3 is 6.09 Å². The highest BCUT2D eigenvalue weighted by atomic mass is 16.7. The van der Waals surface area contributed by atoms with E-state index in [4.69, 9.17) is 9.57 Å². The second kappa shape index (κ2) is 6.13. The lowest BCUT2D eigenvalue weighted by Crippen LogP contribution is -2.50. The highest BCUT2D eigenvalue weighted by Crippen LogP contribution is 2.14. The molecule has 1 aromatic carbocycles. The van der Waals surface area contributed by atoms with Crippen LogP contribution in [0.1, 0.15) is 20.8 Å². The number of para-hydroxylation sites is 1. The highest BCUT2D eigenvalue weighted by molar-refractivity contribution is 5.68. The molecular weight excluding hydrogens is 256 g/mol. The molecule has 110 valence electrons. The predicted octanol–water partition coefficient (Wildman–Crippen LogP) is 2.53. The average Bonchev–Trinajstić information content (AvgIpc) is 2.39. The molecule has 0 spiro atoms.